The number of nitrogens with one attached hydrogen (secondary N) is 2. The maximum atomic E-state index is 12.2. The van der Waals surface area contributed by atoms with Gasteiger partial charge in [-0.3, -0.25) is 9.59 Å². The fourth-order valence-corrected chi connectivity index (χ4v) is 3.57. The SMILES string of the molecule is Cc1ccc(N=C2NC(=O)[C@H](CC(=O)Nc3ccc(Cl)c(Cl)c3)S2)cc1. The molecule has 0 radical (unpaired) electrons. The lowest BCUT2D eigenvalue weighted by molar-refractivity contribution is -0.122. The Balaban J connectivity index is 1.61. The second-order valence-corrected chi connectivity index (χ2v) is 7.74. The molecule has 1 saturated heterocycles. The summed E-state index contributed by atoms with van der Waals surface area (Å²) in [5.41, 5.74) is 2.41. The van der Waals surface area contributed by atoms with Gasteiger partial charge in [-0.15, -0.1) is 0 Å². The van der Waals surface area contributed by atoms with Crippen molar-refractivity contribution < 1.29 is 9.59 Å². The Bertz CT molecular complexity index is 885. The molecule has 0 bridgehead atoms. The number of nitrogens with zero attached hydrogens (tertiary/aromatic N) is 1. The van der Waals surface area contributed by atoms with Gasteiger partial charge < -0.3 is 10.6 Å². The summed E-state index contributed by atoms with van der Waals surface area (Å²) < 4.78 is 0. The molecule has 5 nitrogen and oxygen atoms in total. The highest BCUT2D eigenvalue weighted by Crippen LogP contribution is 2.27. The summed E-state index contributed by atoms with van der Waals surface area (Å²) in [6, 6.07) is 12.5. The molecule has 1 aliphatic rings. The number of anilines is 1. The summed E-state index contributed by atoms with van der Waals surface area (Å²) in [7, 11) is 0. The number of benzene rings is 2. The van der Waals surface area contributed by atoms with E-state index in [1.807, 2.05) is 31.2 Å². The molecule has 2 aromatic rings. The van der Waals surface area contributed by atoms with Crippen molar-refractivity contribution in [2.45, 2.75) is 18.6 Å². The summed E-state index contributed by atoms with van der Waals surface area (Å²) in [5, 5.41) is 6.15. The van der Waals surface area contributed by atoms with Gasteiger partial charge in [0.2, 0.25) is 11.8 Å². The van der Waals surface area contributed by atoms with Crippen LogP contribution in [0, 0.1) is 6.92 Å². The quantitative estimate of drug-likeness (QED) is 0.780. The van der Waals surface area contributed by atoms with Gasteiger partial charge >= 0.3 is 0 Å². The Kier molecular flexibility index (Phi) is 5.86. The van der Waals surface area contributed by atoms with E-state index in [-0.39, 0.29) is 18.2 Å². The summed E-state index contributed by atoms with van der Waals surface area (Å²) in [6.45, 7) is 1.99. The van der Waals surface area contributed by atoms with E-state index in [1.165, 1.54) is 11.8 Å². The molecule has 3 rings (SSSR count). The third kappa shape index (κ3) is 4.78. The number of carbonyl (C=O) groups is 2. The lowest BCUT2D eigenvalue weighted by atomic mass is 10.2. The lowest BCUT2D eigenvalue weighted by Gasteiger charge is -2.08. The average Bonchev–Trinajstić information content (AvgIpc) is 2.92. The van der Waals surface area contributed by atoms with Crippen molar-refractivity contribution in [3.63, 3.8) is 0 Å². The zero-order chi connectivity index (χ0) is 18.7. The summed E-state index contributed by atoms with van der Waals surface area (Å²) in [5.74, 6) is -0.516. The van der Waals surface area contributed by atoms with Crippen LogP contribution in [-0.2, 0) is 9.59 Å². The minimum Gasteiger partial charge on any atom is -0.326 e. The molecule has 1 aliphatic heterocycles. The van der Waals surface area contributed by atoms with Crippen LogP contribution in [0.3, 0.4) is 0 Å². The Morgan fingerprint density at radius 3 is 2.62 bits per heavy atom. The highest BCUT2D eigenvalue weighted by Gasteiger charge is 2.32. The highest BCUT2D eigenvalue weighted by atomic mass is 35.5. The van der Waals surface area contributed by atoms with Crippen LogP contribution < -0.4 is 10.6 Å². The second-order valence-electron chi connectivity index (χ2n) is 5.73. The third-order valence-corrected chi connectivity index (χ3v) is 5.44. The number of hydrogen-bond donors (Lipinski definition) is 2. The second kappa shape index (κ2) is 8.12. The Hall–Kier alpha value is -2.02. The van der Waals surface area contributed by atoms with Crippen LogP contribution in [0.4, 0.5) is 11.4 Å². The van der Waals surface area contributed by atoms with E-state index >= 15 is 0 Å². The van der Waals surface area contributed by atoms with Crippen LogP contribution in [0.5, 0.6) is 0 Å². The molecule has 0 aromatic heterocycles. The van der Waals surface area contributed by atoms with Crippen molar-refractivity contribution >= 4 is 63.3 Å². The van der Waals surface area contributed by atoms with Crippen molar-refractivity contribution in [3.05, 3.63) is 58.1 Å². The number of aryl methyl sites for hydroxylation is 1. The first-order valence-electron chi connectivity index (χ1n) is 7.78. The number of rotatable bonds is 4. The molecular weight excluding hydrogens is 393 g/mol. The maximum absolute atomic E-state index is 12.2. The fraction of sp³-hybridized carbons (Fsp3) is 0.167. The number of halogens is 2. The molecule has 26 heavy (non-hydrogen) atoms. The fourth-order valence-electron chi connectivity index (χ4n) is 2.28. The van der Waals surface area contributed by atoms with Crippen LogP contribution in [-0.4, -0.2) is 22.2 Å². The zero-order valence-corrected chi connectivity index (χ0v) is 16.1. The molecule has 1 heterocycles. The van der Waals surface area contributed by atoms with E-state index in [2.05, 4.69) is 15.6 Å². The maximum Gasteiger partial charge on any atom is 0.240 e. The Morgan fingerprint density at radius 2 is 1.92 bits per heavy atom. The first kappa shape index (κ1) is 18.8. The number of thioether (sulfide) groups is 1. The van der Waals surface area contributed by atoms with Gasteiger partial charge in [0.15, 0.2) is 5.17 Å². The molecular formula is C18H15Cl2N3O2S. The van der Waals surface area contributed by atoms with Crippen molar-refractivity contribution in [3.8, 4) is 0 Å². The molecule has 0 saturated carbocycles. The molecule has 134 valence electrons. The number of aliphatic imine (C=N–C) groups is 1. The molecule has 8 heteroatoms. The van der Waals surface area contributed by atoms with Gasteiger partial charge in [-0.25, -0.2) is 4.99 Å². The van der Waals surface area contributed by atoms with Crippen molar-refractivity contribution in [1.29, 1.82) is 0 Å². The van der Waals surface area contributed by atoms with E-state index < -0.39 is 5.25 Å². The number of amides is 2. The van der Waals surface area contributed by atoms with E-state index in [0.717, 1.165) is 11.3 Å². The number of carbonyl (C=O) groups excluding carboxylic acids is 2. The third-order valence-electron chi connectivity index (χ3n) is 3.62. The molecule has 2 amide bonds. The molecule has 1 fully saturated rings. The predicted octanol–water partition coefficient (Wildman–Crippen LogP) is 4.55. The van der Waals surface area contributed by atoms with E-state index in [0.29, 0.717) is 20.9 Å². The van der Waals surface area contributed by atoms with E-state index in [9.17, 15) is 9.59 Å². The van der Waals surface area contributed by atoms with Gasteiger partial charge in [0, 0.05) is 12.1 Å². The smallest absolute Gasteiger partial charge is 0.240 e. The van der Waals surface area contributed by atoms with Gasteiger partial charge in [-0.05, 0) is 37.3 Å². The summed E-state index contributed by atoms with van der Waals surface area (Å²) in [6.07, 6.45) is 0.0314. The normalized spacial score (nSPS) is 18.0. The predicted molar refractivity (Wildman–Crippen MR) is 108 cm³/mol. The highest BCUT2D eigenvalue weighted by molar-refractivity contribution is 8.15. The lowest BCUT2D eigenvalue weighted by Crippen LogP contribution is -2.28. The molecule has 0 aliphatic carbocycles. The molecule has 2 N–H and O–H groups in total. The standard InChI is InChI=1S/C18H15Cl2N3O2S/c1-10-2-4-11(5-3-10)22-18-23-17(25)15(26-18)9-16(24)21-12-6-7-13(19)14(20)8-12/h2-8,15H,9H2,1H3,(H,21,24)(H,22,23,25)/t15-/m0/s1. The Labute approximate surface area is 165 Å². The van der Waals surface area contributed by atoms with Crippen molar-refractivity contribution in [2.75, 3.05) is 5.32 Å². The van der Waals surface area contributed by atoms with Gasteiger partial charge in [0.25, 0.3) is 0 Å². The molecule has 2 aromatic carbocycles. The molecule has 0 unspecified atom stereocenters. The van der Waals surface area contributed by atoms with Crippen LogP contribution >= 0.6 is 35.0 Å². The average molecular weight is 408 g/mol. The van der Waals surface area contributed by atoms with Crippen molar-refractivity contribution in [1.82, 2.24) is 5.32 Å². The summed E-state index contributed by atoms with van der Waals surface area (Å²) in [4.78, 5) is 28.7. The minimum absolute atomic E-state index is 0.0314. The van der Waals surface area contributed by atoms with Gasteiger partial charge in [-0.1, -0.05) is 52.7 Å². The van der Waals surface area contributed by atoms with E-state index in [1.54, 1.807) is 18.2 Å². The van der Waals surface area contributed by atoms with Crippen molar-refractivity contribution in [2.24, 2.45) is 4.99 Å². The van der Waals surface area contributed by atoms with Crippen LogP contribution in [0.25, 0.3) is 0 Å². The first-order valence-corrected chi connectivity index (χ1v) is 9.42. The Morgan fingerprint density at radius 1 is 1.19 bits per heavy atom. The van der Waals surface area contributed by atoms with Gasteiger partial charge in [0.05, 0.1) is 15.7 Å². The van der Waals surface area contributed by atoms with Gasteiger partial charge in [0.1, 0.15) is 5.25 Å². The summed E-state index contributed by atoms with van der Waals surface area (Å²) >= 11 is 13.0. The zero-order valence-electron chi connectivity index (χ0n) is 13.8. The van der Waals surface area contributed by atoms with Gasteiger partial charge in [-0.2, -0.15) is 0 Å². The first-order chi connectivity index (χ1) is 12.4. The van der Waals surface area contributed by atoms with E-state index in [4.69, 9.17) is 23.2 Å². The molecule has 1 atom stereocenters. The topological polar surface area (TPSA) is 70.6 Å². The van der Waals surface area contributed by atoms with Crippen LogP contribution in [0.2, 0.25) is 10.0 Å². The van der Waals surface area contributed by atoms with Crippen LogP contribution in [0.15, 0.2) is 47.5 Å². The minimum atomic E-state index is -0.526. The number of hydrogen-bond acceptors (Lipinski definition) is 4. The number of amidine groups is 1. The van der Waals surface area contributed by atoms with Crippen LogP contribution in [0.1, 0.15) is 12.0 Å². The molecule has 0 spiro atoms. The largest absolute Gasteiger partial charge is 0.326 e. The monoisotopic (exact) mass is 407 g/mol.